The lowest BCUT2D eigenvalue weighted by molar-refractivity contribution is -0.165. The number of nitrogens with two attached hydrogens (primary N) is 2. The largest absolute Gasteiger partial charge is 0.479 e. The Bertz CT molecular complexity index is 233. The van der Waals surface area contributed by atoms with Crippen molar-refractivity contribution < 1.29 is 19.4 Å². The number of unbranched alkanes of at least 4 members (excludes halogenated alkanes) is 1. The molecule has 0 aliphatic carbocycles. The lowest BCUT2D eigenvalue weighted by Gasteiger charge is -2.15. The van der Waals surface area contributed by atoms with E-state index in [2.05, 4.69) is 0 Å². The Morgan fingerprint density at radius 2 is 2.00 bits per heavy atom. The molecule has 16 heavy (non-hydrogen) atoms. The van der Waals surface area contributed by atoms with Crippen LogP contribution in [0.15, 0.2) is 0 Å². The highest BCUT2D eigenvalue weighted by atomic mass is 16.6. The number of carbonyl (C=O) groups excluding carboxylic acids is 1. The van der Waals surface area contributed by atoms with Crippen LogP contribution in [0.25, 0.3) is 0 Å². The summed E-state index contributed by atoms with van der Waals surface area (Å²) in [6, 6.07) is -0.764. The molecule has 0 radical (unpaired) electrons. The maximum absolute atomic E-state index is 11.4. The van der Waals surface area contributed by atoms with E-state index in [1.165, 1.54) is 0 Å². The number of esters is 1. The van der Waals surface area contributed by atoms with Crippen LogP contribution in [0.4, 0.5) is 0 Å². The molecular formula is C10H20N2O4. The zero-order valence-corrected chi connectivity index (χ0v) is 9.52. The van der Waals surface area contributed by atoms with E-state index in [1.807, 2.05) is 0 Å². The number of carboxylic acids is 1. The smallest absolute Gasteiger partial charge is 0.345 e. The molecular weight excluding hydrogens is 212 g/mol. The molecule has 0 heterocycles. The van der Waals surface area contributed by atoms with Gasteiger partial charge in [0.2, 0.25) is 0 Å². The van der Waals surface area contributed by atoms with Gasteiger partial charge in [-0.3, -0.25) is 4.79 Å². The number of carbonyl (C=O) groups is 2. The van der Waals surface area contributed by atoms with E-state index in [4.69, 9.17) is 21.3 Å². The highest BCUT2D eigenvalue weighted by molar-refractivity contribution is 5.80. The van der Waals surface area contributed by atoms with Gasteiger partial charge in [-0.2, -0.15) is 0 Å². The molecule has 0 amide bonds. The third-order valence-corrected chi connectivity index (χ3v) is 2.18. The predicted octanol–water partition coefficient (Wildman–Crippen LogP) is -0.151. The Morgan fingerprint density at radius 3 is 2.44 bits per heavy atom. The van der Waals surface area contributed by atoms with E-state index in [1.54, 1.807) is 6.92 Å². The fourth-order valence-corrected chi connectivity index (χ4v) is 1.16. The standard InChI is InChI=1S/C10H20N2O4/c1-2-8(9(13)14)16-10(15)7(12)5-3-4-6-11/h7-8H,2-6,11-12H2,1H3,(H,13,14). The number of ether oxygens (including phenoxy) is 1. The number of carboxylic acid groups (broad SMARTS) is 1. The molecule has 0 saturated carbocycles. The van der Waals surface area contributed by atoms with E-state index in [0.717, 1.165) is 12.8 Å². The van der Waals surface area contributed by atoms with Crippen molar-refractivity contribution in [2.45, 2.75) is 44.8 Å². The summed E-state index contributed by atoms with van der Waals surface area (Å²) in [5.74, 6) is -1.81. The normalized spacial score (nSPS) is 14.2. The van der Waals surface area contributed by atoms with Gasteiger partial charge >= 0.3 is 11.9 Å². The zero-order chi connectivity index (χ0) is 12.6. The van der Waals surface area contributed by atoms with Gasteiger partial charge in [0.25, 0.3) is 0 Å². The molecule has 0 fully saturated rings. The molecule has 0 rings (SSSR count). The Balaban J connectivity index is 3.98. The molecule has 6 heteroatoms. The average molecular weight is 232 g/mol. The second kappa shape index (κ2) is 8.06. The molecule has 0 saturated heterocycles. The second-order valence-corrected chi connectivity index (χ2v) is 3.56. The number of rotatable bonds is 8. The van der Waals surface area contributed by atoms with Crippen molar-refractivity contribution in [2.75, 3.05) is 6.54 Å². The Labute approximate surface area is 94.9 Å². The van der Waals surface area contributed by atoms with Gasteiger partial charge in [0.1, 0.15) is 6.04 Å². The second-order valence-electron chi connectivity index (χ2n) is 3.56. The van der Waals surface area contributed by atoms with E-state index in [9.17, 15) is 9.59 Å². The van der Waals surface area contributed by atoms with Crippen molar-refractivity contribution >= 4 is 11.9 Å². The maximum Gasteiger partial charge on any atom is 0.345 e. The molecule has 0 spiro atoms. The van der Waals surface area contributed by atoms with Crippen molar-refractivity contribution in [2.24, 2.45) is 11.5 Å². The summed E-state index contributed by atoms with van der Waals surface area (Å²) >= 11 is 0. The van der Waals surface area contributed by atoms with E-state index >= 15 is 0 Å². The molecule has 2 atom stereocenters. The molecule has 6 nitrogen and oxygen atoms in total. The number of hydrogen-bond acceptors (Lipinski definition) is 5. The molecule has 5 N–H and O–H groups in total. The maximum atomic E-state index is 11.4. The van der Waals surface area contributed by atoms with Crippen molar-refractivity contribution in [1.82, 2.24) is 0 Å². The minimum absolute atomic E-state index is 0.233. The van der Waals surface area contributed by atoms with Crippen molar-refractivity contribution in [3.63, 3.8) is 0 Å². The Morgan fingerprint density at radius 1 is 1.38 bits per heavy atom. The van der Waals surface area contributed by atoms with Gasteiger partial charge < -0.3 is 21.3 Å². The first kappa shape index (κ1) is 14.9. The summed E-state index contributed by atoms with van der Waals surface area (Å²) in [5.41, 5.74) is 10.9. The van der Waals surface area contributed by atoms with E-state index in [0.29, 0.717) is 13.0 Å². The van der Waals surface area contributed by atoms with Crippen LogP contribution in [0.3, 0.4) is 0 Å². The van der Waals surface area contributed by atoms with E-state index in [-0.39, 0.29) is 6.42 Å². The predicted molar refractivity (Wildman–Crippen MR) is 58.7 cm³/mol. The topological polar surface area (TPSA) is 116 Å². The molecule has 0 bridgehead atoms. The molecule has 0 aliphatic heterocycles. The van der Waals surface area contributed by atoms with Crippen LogP contribution in [0.5, 0.6) is 0 Å². The summed E-state index contributed by atoms with van der Waals surface area (Å²) in [6.07, 6.45) is 1.12. The molecule has 2 unspecified atom stereocenters. The van der Waals surface area contributed by atoms with Crippen LogP contribution in [-0.2, 0) is 14.3 Å². The number of aliphatic carboxylic acids is 1. The highest BCUT2D eigenvalue weighted by Crippen LogP contribution is 2.04. The fraction of sp³-hybridized carbons (Fsp3) is 0.800. The molecule has 94 valence electrons. The lowest BCUT2D eigenvalue weighted by atomic mass is 10.1. The van der Waals surface area contributed by atoms with Gasteiger partial charge in [0.15, 0.2) is 6.10 Å². The minimum Gasteiger partial charge on any atom is -0.479 e. The van der Waals surface area contributed by atoms with Gasteiger partial charge in [-0.05, 0) is 25.8 Å². The van der Waals surface area contributed by atoms with Gasteiger partial charge in [-0.25, -0.2) is 4.79 Å². The summed E-state index contributed by atoms with van der Waals surface area (Å²) in [6.45, 7) is 2.18. The van der Waals surface area contributed by atoms with Gasteiger partial charge in [0, 0.05) is 0 Å². The summed E-state index contributed by atoms with van der Waals surface area (Å²) in [4.78, 5) is 22.0. The van der Waals surface area contributed by atoms with Crippen molar-refractivity contribution in [3.05, 3.63) is 0 Å². The number of hydrogen-bond donors (Lipinski definition) is 3. The molecule has 0 aromatic rings. The van der Waals surface area contributed by atoms with Gasteiger partial charge in [0.05, 0.1) is 0 Å². The first-order valence-electron chi connectivity index (χ1n) is 5.41. The van der Waals surface area contributed by atoms with E-state index < -0.39 is 24.1 Å². The summed E-state index contributed by atoms with van der Waals surface area (Å²) in [7, 11) is 0. The van der Waals surface area contributed by atoms with Crippen LogP contribution in [-0.4, -0.2) is 35.7 Å². The lowest BCUT2D eigenvalue weighted by Crippen LogP contribution is -2.37. The zero-order valence-electron chi connectivity index (χ0n) is 9.52. The molecule has 0 aromatic carbocycles. The van der Waals surface area contributed by atoms with Crippen molar-refractivity contribution in [3.8, 4) is 0 Å². The molecule has 0 aliphatic rings. The van der Waals surface area contributed by atoms with Crippen LogP contribution in [0, 0.1) is 0 Å². The Hall–Kier alpha value is -1.14. The quantitative estimate of drug-likeness (QED) is 0.396. The average Bonchev–Trinajstić information content (AvgIpc) is 2.25. The first-order valence-corrected chi connectivity index (χ1v) is 5.41. The van der Waals surface area contributed by atoms with Crippen LogP contribution in [0.1, 0.15) is 32.6 Å². The first-order chi connectivity index (χ1) is 7.52. The highest BCUT2D eigenvalue weighted by Gasteiger charge is 2.23. The summed E-state index contributed by atoms with van der Waals surface area (Å²) < 4.78 is 4.76. The van der Waals surface area contributed by atoms with Crippen molar-refractivity contribution in [1.29, 1.82) is 0 Å². The monoisotopic (exact) mass is 232 g/mol. The van der Waals surface area contributed by atoms with Crippen LogP contribution < -0.4 is 11.5 Å². The van der Waals surface area contributed by atoms with Crippen LogP contribution >= 0.6 is 0 Å². The fourth-order valence-electron chi connectivity index (χ4n) is 1.16. The van der Waals surface area contributed by atoms with Gasteiger partial charge in [-0.15, -0.1) is 0 Å². The summed E-state index contributed by atoms with van der Waals surface area (Å²) in [5, 5.41) is 8.68. The van der Waals surface area contributed by atoms with Crippen LogP contribution in [0.2, 0.25) is 0 Å². The third-order valence-electron chi connectivity index (χ3n) is 2.18. The Kier molecular flexibility index (Phi) is 7.49. The minimum atomic E-state index is -1.15. The SMILES string of the molecule is CCC(OC(=O)C(N)CCCCN)C(=O)O. The molecule has 0 aromatic heterocycles. The third kappa shape index (κ3) is 5.67. The van der Waals surface area contributed by atoms with Gasteiger partial charge in [-0.1, -0.05) is 13.3 Å².